The third-order valence-electron chi connectivity index (χ3n) is 5.74. The second kappa shape index (κ2) is 14.1. The fourth-order valence-electron chi connectivity index (χ4n) is 3.77. The summed E-state index contributed by atoms with van der Waals surface area (Å²) in [6.07, 6.45) is 0.312. The molecule has 3 rings (SSSR count). The molecule has 3 aromatic carbocycles. The van der Waals surface area contributed by atoms with Crippen LogP contribution < -0.4 is 20.3 Å². The summed E-state index contributed by atoms with van der Waals surface area (Å²) < 4.78 is 38.8. The summed E-state index contributed by atoms with van der Waals surface area (Å²) in [4.78, 5) is 24.7. The van der Waals surface area contributed by atoms with Gasteiger partial charge in [-0.05, 0) is 61.2 Å². The van der Waals surface area contributed by atoms with Crippen molar-refractivity contribution in [3.8, 4) is 11.5 Å². The van der Waals surface area contributed by atoms with Gasteiger partial charge in [0.25, 0.3) is 5.91 Å². The van der Waals surface area contributed by atoms with Crippen molar-refractivity contribution in [2.75, 3.05) is 13.7 Å². The van der Waals surface area contributed by atoms with Gasteiger partial charge < -0.3 is 14.8 Å². The highest BCUT2D eigenvalue weighted by Gasteiger charge is 2.35. The van der Waals surface area contributed by atoms with E-state index in [9.17, 15) is 23.2 Å². The molecular formula is C27H31N3O7S. The first kappa shape index (κ1) is 28.6. The van der Waals surface area contributed by atoms with E-state index >= 15 is 0 Å². The van der Waals surface area contributed by atoms with E-state index in [1.54, 1.807) is 66.1 Å². The van der Waals surface area contributed by atoms with Crippen LogP contribution in [-0.4, -0.2) is 49.6 Å². The number of hydrogen-bond acceptors (Lipinski definition) is 7. The fourth-order valence-corrected chi connectivity index (χ4v) is 5.38. The molecule has 202 valence electrons. The lowest BCUT2D eigenvalue weighted by atomic mass is 10.1. The predicted molar refractivity (Wildman–Crippen MR) is 140 cm³/mol. The van der Waals surface area contributed by atoms with E-state index in [4.69, 9.17) is 9.47 Å². The van der Waals surface area contributed by atoms with Crippen molar-refractivity contribution >= 4 is 22.0 Å². The van der Waals surface area contributed by atoms with E-state index in [0.29, 0.717) is 29.9 Å². The Labute approximate surface area is 222 Å². The Morgan fingerprint density at radius 1 is 0.895 bits per heavy atom. The standard InChI is InChI=1S/C27H31N3O7S/c1-36-22-15-17-24(18-16-22)38(34,35)30(20-21-10-4-2-5-11-21)25(26(31)29-33)14-8-9-19-28-27(32)37-23-12-6-3-7-13-23/h2-7,10-13,15-18,25,33H,8-9,14,19-20H2,1H3,(H,28,32)(H,29,31)/t25-/m1/s1. The van der Waals surface area contributed by atoms with Gasteiger partial charge >= 0.3 is 6.09 Å². The Hall–Kier alpha value is -3.93. The Balaban J connectivity index is 1.72. The van der Waals surface area contributed by atoms with Gasteiger partial charge in [-0.2, -0.15) is 4.31 Å². The van der Waals surface area contributed by atoms with Gasteiger partial charge in [0.2, 0.25) is 10.0 Å². The molecule has 0 aliphatic rings. The number of nitrogens with one attached hydrogen (secondary N) is 2. The predicted octanol–water partition coefficient (Wildman–Crippen LogP) is 3.72. The number of sulfonamides is 1. The molecule has 0 saturated heterocycles. The van der Waals surface area contributed by atoms with Crippen molar-refractivity contribution in [2.24, 2.45) is 0 Å². The number of amides is 2. The van der Waals surface area contributed by atoms with Crippen LogP contribution in [0, 0.1) is 0 Å². The normalized spacial score (nSPS) is 12.0. The summed E-state index contributed by atoms with van der Waals surface area (Å²) in [7, 11) is -2.68. The summed E-state index contributed by atoms with van der Waals surface area (Å²) in [5, 5.41) is 12.1. The monoisotopic (exact) mass is 541 g/mol. The topological polar surface area (TPSA) is 134 Å². The van der Waals surface area contributed by atoms with Gasteiger partial charge in [0.15, 0.2) is 0 Å². The molecule has 2 amide bonds. The summed E-state index contributed by atoms with van der Waals surface area (Å²) in [6.45, 7) is 0.165. The van der Waals surface area contributed by atoms with Gasteiger partial charge in [0, 0.05) is 13.1 Å². The number of benzene rings is 3. The second-order valence-electron chi connectivity index (χ2n) is 8.33. The van der Waals surface area contributed by atoms with E-state index in [1.807, 2.05) is 0 Å². The zero-order valence-electron chi connectivity index (χ0n) is 20.9. The van der Waals surface area contributed by atoms with Crippen LogP contribution in [0.15, 0.2) is 89.8 Å². The molecular weight excluding hydrogens is 510 g/mol. The molecule has 0 aliphatic carbocycles. The zero-order valence-corrected chi connectivity index (χ0v) is 21.8. The summed E-state index contributed by atoms with van der Waals surface area (Å²) in [5.74, 6) is 0.0425. The van der Waals surface area contributed by atoms with Crippen LogP contribution in [0.2, 0.25) is 0 Å². The molecule has 38 heavy (non-hydrogen) atoms. The van der Waals surface area contributed by atoms with Crippen molar-refractivity contribution in [3.63, 3.8) is 0 Å². The fraction of sp³-hybridized carbons (Fsp3) is 0.259. The molecule has 3 N–H and O–H groups in total. The quantitative estimate of drug-likeness (QED) is 0.171. The minimum Gasteiger partial charge on any atom is -0.497 e. The summed E-state index contributed by atoms with van der Waals surface area (Å²) in [5.41, 5.74) is 2.28. The van der Waals surface area contributed by atoms with Crippen molar-refractivity contribution in [1.82, 2.24) is 15.1 Å². The highest BCUT2D eigenvalue weighted by molar-refractivity contribution is 7.89. The molecule has 0 spiro atoms. The molecule has 0 heterocycles. The molecule has 0 aromatic heterocycles. The second-order valence-corrected chi connectivity index (χ2v) is 10.2. The lowest BCUT2D eigenvalue weighted by molar-refractivity contribution is -0.133. The average molecular weight is 542 g/mol. The first-order valence-corrected chi connectivity index (χ1v) is 13.4. The number of methoxy groups -OCH3 is 1. The Bertz CT molecular complexity index is 1270. The average Bonchev–Trinajstić information content (AvgIpc) is 2.94. The molecule has 0 radical (unpaired) electrons. The Morgan fingerprint density at radius 3 is 2.13 bits per heavy atom. The number of carbonyl (C=O) groups is 2. The van der Waals surface area contributed by atoms with Crippen LogP contribution in [0.4, 0.5) is 4.79 Å². The molecule has 0 saturated carbocycles. The smallest absolute Gasteiger partial charge is 0.412 e. The van der Waals surface area contributed by atoms with Crippen LogP contribution in [0.5, 0.6) is 11.5 Å². The number of hydrogen-bond donors (Lipinski definition) is 3. The number of ether oxygens (including phenoxy) is 2. The lowest BCUT2D eigenvalue weighted by Gasteiger charge is -2.29. The van der Waals surface area contributed by atoms with E-state index in [2.05, 4.69) is 5.32 Å². The molecule has 0 aliphatic heterocycles. The van der Waals surface area contributed by atoms with Crippen LogP contribution in [0.3, 0.4) is 0 Å². The third-order valence-corrected chi connectivity index (χ3v) is 7.60. The van der Waals surface area contributed by atoms with Gasteiger partial charge in [-0.3, -0.25) is 10.0 Å². The van der Waals surface area contributed by atoms with Crippen LogP contribution in [0.25, 0.3) is 0 Å². The van der Waals surface area contributed by atoms with Gasteiger partial charge in [-0.1, -0.05) is 48.5 Å². The number of carbonyl (C=O) groups excluding carboxylic acids is 2. The molecule has 0 fully saturated rings. The van der Waals surface area contributed by atoms with E-state index < -0.39 is 28.1 Å². The minimum absolute atomic E-state index is 0.0182. The molecule has 3 aromatic rings. The van der Waals surface area contributed by atoms with E-state index in [1.165, 1.54) is 31.4 Å². The Kier molecular flexibility index (Phi) is 10.6. The largest absolute Gasteiger partial charge is 0.497 e. The van der Waals surface area contributed by atoms with Crippen molar-refractivity contribution < 1.29 is 32.7 Å². The number of nitrogens with zero attached hydrogens (tertiary/aromatic N) is 1. The highest BCUT2D eigenvalue weighted by atomic mass is 32.2. The maximum Gasteiger partial charge on any atom is 0.412 e. The van der Waals surface area contributed by atoms with Crippen molar-refractivity contribution in [1.29, 1.82) is 0 Å². The molecule has 10 nitrogen and oxygen atoms in total. The summed E-state index contributed by atoms with van der Waals surface area (Å²) >= 11 is 0. The zero-order chi connectivity index (χ0) is 27.4. The first-order chi connectivity index (χ1) is 18.3. The van der Waals surface area contributed by atoms with Gasteiger partial charge in [-0.15, -0.1) is 0 Å². The number of unbranched alkanes of at least 4 members (excludes halogenated alkanes) is 1. The van der Waals surface area contributed by atoms with Gasteiger partial charge in [0.05, 0.1) is 12.0 Å². The van der Waals surface area contributed by atoms with Crippen molar-refractivity contribution in [2.45, 2.75) is 36.7 Å². The van der Waals surface area contributed by atoms with Crippen LogP contribution >= 0.6 is 0 Å². The van der Waals surface area contributed by atoms with Gasteiger partial charge in [0.1, 0.15) is 17.5 Å². The first-order valence-electron chi connectivity index (χ1n) is 12.0. The Morgan fingerprint density at radius 2 is 1.53 bits per heavy atom. The van der Waals surface area contributed by atoms with Crippen molar-refractivity contribution in [3.05, 3.63) is 90.5 Å². The number of rotatable bonds is 13. The lowest BCUT2D eigenvalue weighted by Crippen LogP contribution is -2.48. The molecule has 11 heteroatoms. The van der Waals surface area contributed by atoms with E-state index in [-0.39, 0.29) is 24.4 Å². The van der Waals surface area contributed by atoms with Gasteiger partial charge in [-0.25, -0.2) is 18.7 Å². The van der Waals surface area contributed by atoms with Crippen LogP contribution in [-0.2, 0) is 21.4 Å². The molecule has 0 unspecified atom stereocenters. The van der Waals surface area contributed by atoms with E-state index in [0.717, 1.165) is 4.31 Å². The SMILES string of the molecule is COc1ccc(S(=O)(=O)N(Cc2ccccc2)[C@H](CCCCNC(=O)Oc2ccccc2)C(=O)NO)cc1. The summed E-state index contributed by atoms with van der Waals surface area (Å²) in [6, 6.07) is 22.1. The highest BCUT2D eigenvalue weighted by Crippen LogP contribution is 2.25. The third kappa shape index (κ3) is 8.04. The molecule has 0 bridgehead atoms. The minimum atomic E-state index is -4.15. The maximum absolute atomic E-state index is 13.7. The number of hydroxylamine groups is 1. The number of para-hydroxylation sites is 1. The van der Waals surface area contributed by atoms with Crippen LogP contribution in [0.1, 0.15) is 24.8 Å². The molecule has 1 atom stereocenters. The maximum atomic E-state index is 13.7.